The largest absolute Gasteiger partial charge is 0.377 e. The van der Waals surface area contributed by atoms with Gasteiger partial charge in [-0.25, -0.2) is 0 Å². The van der Waals surface area contributed by atoms with Crippen LogP contribution in [0.25, 0.3) is 0 Å². The van der Waals surface area contributed by atoms with E-state index in [1.165, 1.54) is 49.2 Å². The van der Waals surface area contributed by atoms with Crippen molar-refractivity contribution in [2.24, 2.45) is 0 Å². The molecule has 0 aromatic heterocycles. The van der Waals surface area contributed by atoms with Crippen molar-refractivity contribution in [3.63, 3.8) is 0 Å². The number of likely N-dealkylation sites (tertiary alicyclic amines) is 1. The molecule has 1 saturated heterocycles. The van der Waals surface area contributed by atoms with Crippen LogP contribution in [0.15, 0.2) is 54.6 Å². The van der Waals surface area contributed by atoms with E-state index in [2.05, 4.69) is 64.8 Å². The predicted molar refractivity (Wildman–Crippen MR) is 108 cm³/mol. The molecule has 1 aliphatic heterocycles. The van der Waals surface area contributed by atoms with Crippen molar-refractivity contribution in [3.8, 4) is 0 Å². The second-order valence-corrected chi connectivity index (χ2v) is 7.14. The van der Waals surface area contributed by atoms with Crippen LogP contribution in [0.1, 0.15) is 36.5 Å². The SMILES string of the molecule is CCOCc1ccccc1CNC1CCN(CCc2ccccc2)CC1. The summed E-state index contributed by atoms with van der Waals surface area (Å²) in [5.74, 6) is 0. The molecular formula is C23H32N2O. The van der Waals surface area contributed by atoms with Gasteiger partial charge in [0.15, 0.2) is 0 Å². The van der Waals surface area contributed by atoms with Gasteiger partial charge in [0.1, 0.15) is 0 Å². The van der Waals surface area contributed by atoms with Crippen LogP contribution in [0.4, 0.5) is 0 Å². The van der Waals surface area contributed by atoms with Gasteiger partial charge in [-0.15, -0.1) is 0 Å². The molecule has 1 heterocycles. The summed E-state index contributed by atoms with van der Waals surface area (Å²) in [7, 11) is 0. The summed E-state index contributed by atoms with van der Waals surface area (Å²) >= 11 is 0. The van der Waals surface area contributed by atoms with Gasteiger partial charge in [0.25, 0.3) is 0 Å². The smallest absolute Gasteiger partial charge is 0.0719 e. The van der Waals surface area contributed by atoms with Gasteiger partial charge in [0.2, 0.25) is 0 Å². The highest BCUT2D eigenvalue weighted by Crippen LogP contribution is 2.14. The number of hydrogen-bond donors (Lipinski definition) is 1. The van der Waals surface area contributed by atoms with Crippen molar-refractivity contribution in [1.29, 1.82) is 0 Å². The molecule has 0 radical (unpaired) electrons. The Hall–Kier alpha value is -1.68. The molecule has 26 heavy (non-hydrogen) atoms. The average molecular weight is 353 g/mol. The normalized spacial score (nSPS) is 16.0. The van der Waals surface area contributed by atoms with Crippen LogP contribution in [-0.2, 0) is 24.3 Å². The molecule has 0 bridgehead atoms. The zero-order valence-corrected chi connectivity index (χ0v) is 16.0. The third-order valence-electron chi connectivity index (χ3n) is 5.31. The van der Waals surface area contributed by atoms with Crippen molar-refractivity contribution in [1.82, 2.24) is 10.2 Å². The number of nitrogens with one attached hydrogen (secondary N) is 1. The van der Waals surface area contributed by atoms with E-state index >= 15 is 0 Å². The van der Waals surface area contributed by atoms with E-state index in [0.717, 1.165) is 19.6 Å². The third-order valence-corrected chi connectivity index (χ3v) is 5.31. The molecule has 2 aromatic rings. The van der Waals surface area contributed by atoms with Crippen molar-refractivity contribution in [3.05, 3.63) is 71.3 Å². The lowest BCUT2D eigenvalue weighted by molar-refractivity contribution is 0.133. The molecule has 3 heteroatoms. The minimum absolute atomic E-state index is 0.628. The van der Waals surface area contributed by atoms with E-state index in [0.29, 0.717) is 12.6 Å². The molecule has 3 rings (SSSR count). The number of benzene rings is 2. The van der Waals surface area contributed by atoms with Gasteiger partial charge < -0.3 is 15.0 Å². The van der Waals surface area contributed by atoms with Gasteiger partial charge in [-0.2, -0.15) is 0 Å². The van der Waals surface area contributed by atoms with Crippen LogP contribution in [0.3, 0.4) is 0 Å². The van der Waals surface area contributed by atoms with Crippen LogP contribution in [0.5, 0.6) is 0 Å². The van der Waals surface area contributed by atoms with Crippen molar-refractivity contribution >= 4 is 0 Å². The molecule has 1 N–H and O–H groups in total. The Kier molecular flexibility index (Phi) is 7.68. The molecule has 1 fully saturated rings. The standard InChI is InChI=1S/C23H32N2O/c1-2-26-19-22-11-7-6-10-21(22)18-24-23-13-16-25(17-14-23)15-12-20-8-4-3-5-9-20/h3-11,23-24H,2,12-19H2,1H3. The van der Waals surface area contributed by atoms with E-state index < -0.39 is 0 Å². The molecular weight excluding hydrogens is 320 g/mol. The van der Waals surface area contributed by atoms with Crippen molar-refractivity contribution in [2.75, 3.05) is 26.2 Å². The number of ether oxygens (including phenoxy) is 1. The Labute approximate surface area is 158 Å². The molecule has 140 valence electrons. The zero-order valence-electron chi connectivity index (χ0n) is 16.0. The van der Waals surface area contributed by atoms with Gasteiger partial charge in [-0.3, -0.25) is 0 Å². The predicted octanol–water partition coefficient (Wildman–Crippen LogP) is 4.02. The number of nitrogens with zero attached hydrogens (tertiary/aromatic N) is 1. The molecule has 0 saturated carbocycles. The molecule has 0 amide bonds. The quantitative estimate of drug-likeness (QED) is 0.738. The number of piperidine rings is 1. The first kappa shape index (κ1) is 19.1. The fraction of sp³-hybridized carbons (Fsp3) is 0.478. The van der Waals surface area contributed by atoms with Gasteiger partial charge in [0.05, 0.1) is 6.61 Å². The maximum Gasteiger partial charge on any atom is 0.0719 e. The summed E-state index contributed by atoms with van der Waals surface area (Å²) in [6.45, 7) is 8.05. The van der Waals surface area contributed by atoms with E-state index in [4.69, 9.17) is 4.74 Å². The summed E-state index contributed by atoms with van der Waals surface area (Å²) in [5.41, 5.74) is 4.12. The highest BCUT2D eigenvalue weighted by Gasteiger charge is 2.18. The van der Waals surface area contributed by atoms with Gasteiger partial charge in [-0.05, 0) is 56.0 Å². The van der Waals surface area contributed by atoms with Crippen molar-refractivity contribution < 1.29 is 4.74 Å². The molecule has 3 nitrogen and oxygen atoms in total. The third kappa shape index (κ3) is 5.94. The lowest BCUT2D eigenvalue weighted by atomic mass is 10.0. The van der Waals surface area contributed by atoms with Crippen LogP contribution in [-0.4, -0.2) is 37.2 Å². The fourth-order valence-corrected chi connectivity index (χ4v) is 3.63. The summed E-state index contributed by atoms with van der Waals surface area (Å²) in [5, 5.41) is 3.77. The van der Waals surface area contributed by atoms with E-state index in [9.17, 15) is 0 Å². The lowest BCUT2D eigenvalue weighted by Gasteiger charge is -2.32. The van der Waals surface area contributed by atoms with Crippen LogP contribution in [0, 0.1) is 0 Å². The Morgan fingerprint density at radius 1 is 0.962 bits per heavy atom. The van der Waals surface area contributed by atoms with Gasteiger partial charge in [-0.1, -0.05) is 54.6 Å². The first-order chi connectivity index (χ1) is 12.8. The lowest BCUT2D eigenvalue weighted by Crippen LogP contribution is -2.42. The maximum absolute atomic E-state index is 5.60. The summed E-state index contributed by atoms with van der Waals surface area (Å²) in [6, 6.07) is 20.1. The first-order valence-electron chi connectivity index (χ1n) is 9.99. The second-order valence-electron chi connectivity index (χ2n) is 7.14. The second kappa shape index (κ2) is 10.5. The summed E-state index contributed by atoms with van der Waals surface area (Å²) in [4.78, 5) is 2.61. The molecule has 0 atom stereocenters. The highest BCUT2D eigenvalue weighted by atomic mass is 16.5. The highest BCUT2D eigenvalue weighted by molar-refractivity contribution is 5.26. The number of rotatable bonds is 9. The van der Waals surface area contributed by atoms with Crippen LogP contribution >= 0.6 is 0 Å². The van der Waals surface area contributed by atoms with E-state index in [1.807, 2.05) is 6.92 Å². The number of hydrogen-bond acceptors (Lipinski definition) is 3. The Bertz CT molecular complexity index is 636. The van der Waals surface area contributed by atoms with Gasteiger partial charge >= 0.3 is 0 Å². The Morgan fingerprint density at radius 2 is 1.65 bits per heavy atom. The first-order valence-corrected chi connectivity index (χ1v) is 9.99. The van der Waals surface area contributed by atoms with E-state index in [-0.39, 0.29) is 0 Å². The van der Waals surface area contributed by atoms with Crippen molar-refractivity contribution in [2.45, 2.75) is 45.4 Å². The molecule has 2 aromatic carbocycles. The average Bonchev–Trinajstić information content (AvgIpc) is 2.71. The molecule has 0 unspecified atom stereocenters. The zero-order chi connectivity index (χ0) is 18.0. The maximum atomic E-state index is 5.60. The van der Waals surface area contributed by atoms with E-state index in [1.54, 1.807) is 0 Å². The summed E-state index contributed by atoms with van der Waals surface area (Å²) < 4.78 is 5.60. The van der Waals surface area contributed by atoms with Gasteiger partial charge in [0, 0.05) is 25.7 Å². The van der Waals surface area contributed by atoms with Crippen LogP contribution in [0.2, 0.25) is 0 Å². The fourth-order valence-electron chi connectivity index (χ4n) is 3.63. The minimum atomic E-state index is 0.628. The Balaban J connectivity index is 1.39. The Morgan fingerprint density at radius 3 is 2.38 bits per heavy atom. The molecule has 0 spiro atoms. The topological polar surface area (TPSA) is 24.5 Å². The van der Waals surface area contributed by atoms with Crippen LogP contribution < -0.4 is 5.32 Å². The molecule has 1 aliphatic rings. The minimum Gasteiger partial charge on any atom is -0.377 e. The summed E-state index contributed by atoms with van der Waals surface area (Å²) in [6.07, 6.45) is 3.63. The molecule has 0 aliphatic carbocycles. The monoisotopic (exact) mass is 352 g/mol.